The molecule has 148 valence electrons. The molecular weight excluding hydrogens is 348 g/mol. The van der Waals surface area contributed by atoms with Gasteiger partial charge in [-0.15, -0.1) is 0 Å². The maximum atomic E-state index is 13.0. The van der Waals surface area contributed by atoms with Crippen molar-refractivity contribution in [3.05, 3.63) is 35.9 Å². The first kappa shape index (κ1) is 20.9. The van der Waals surface area contributed by atoms with Gasteiger partial charge >= 0.3 is 5.97 Å². The molecule has 1 aromatic rings. The fraction of sp³-hybridized carbons (Fsp3) is 0.550. The monoisotopic (exact) mass is 376 g/mol. The molecule has 1 fully saturated rings. The lowest BCUT2D eigenvalue weighted by atomic mass is 9.78. The van der Waals surface area contributed by atoms with Gasteiger partial charge in [0.25, 0.3) is 0 Å². The smallest absolute Gasteiger partial charge is 0.307 e. The van der Waals surface area contributed by atoms with Gasteiger partial charge in [-0.25, -0.2) is 5.48 Å². The van der Waals surface area contributed by atoms with Gasteiger partial charge in [-0.2, -0.15) is 0 Å². The molecule has 0 radical (unpaired) electrons. The van der Waals surface area contributed by atoms with E-state index in [1.165, 1.54) is 0 Å². The zero-order chi connectivity index (χ0) is 19.8. The Bertz CT molecular complexity index is 649. The summed E-state index contributed by atoms with van der Waals surface area (Å²) in [6, 6.07) is 9.38. The van der Waals surface area contributed by atoms with Gasteiger partial charge in [-0.3, -0.25) is 19.6 Å². The van der Waals surface area contributed by atoms with Crippen LogP contribution >= 0.6 is 0 Å². The molecule has 1 aliphatic rings. The molecular formula is C20H28N2O5. The van der Waals surface area contributed by atoms with E-state index in [1.54, 1.807) is 10.4 Å². The molecule has 3 atom stereocenters. The van der Waals surface area contributed by atoms with Crippen LogP contribution in [0.2, 0.25) is 0 Å². The first-order valence-corrected chi connectivity index (χ1v) is 9.47. The Morgan fingerprint density at radius 3 is 2.33 bits per heavy atom. The quantitative estimate of drug-likeness (QED) is 0.476. The first-order valence-electron chi connectivity index (χ1n) is 9.47. The number of hydrogen-bond acceptors (Lipinski definition) is 4. The van der Waals surface area contributed by atoms with E-state index in [0.29, 0.717) is 25.8 Å². The Hall–Kier alpha value is -2.41. The third kappa shape index (κ3) is 5.53. The largest absolute Gasteiger partial charge is 0.481 e. The second-order valence-corrected chi connectivity index (χ2v) is 7.08. The number of carbonyl (C=O) groups is 3. The molecule has 3 N–H and O–H groups in total. The second kappa shape index (κ2) is 10.1. The van der Waals surface area contributed by atoms with Crippen LogP contribution in [-0.4, -0.2) is 46.1 Å². The van der Waals surface area contributed by atoms with Crippen LogP contribution in [0.25, 0.3) is 0 Å². The number of carboxylic acid groups (broad SMARTS) is 1. The first-order chi connectivity index (χ1) is 13.0. The van der Waals surface area contributed by atoms with Crippen molar-refractivity contribution in [1.29, 1.82) is 0 Å². The lowest BCUT2D eigenvalue weighted by molar-refractivity contribution is -0.153. The average Bonchev–Trinajstić information content (AvgIpc) is 2.70. The zero-order valence-electron chi connectivity index (χ0n) is 15.6. The van der Waals surface area contributed by atoms with Crippen molar-refractivity contribution in [2.75, 3.05) is 13.1 Å². The number of amides is 2. The SMILES string of the molecule is CCN(CC(Cc1ccccc1)C(=O)NO)C(=O)C1CCCCC1C(=O)O. The summed E-state index contributed by atoms with van der Waals surface area (Å²) >= 11 is 0. The van der Waals surface area contributed by atoms with E-state index in [1.807, 2.05) is 37.3 Å². The molecule has 0 spiro atoms. The molecule has 0 aliphatic heterocycles. The fourth-order valence-electron chi connectivity index (χ4n) is 3.83. The molecule has 7 nitrogen and oxygen atoms in total. The van der Waals surface area contributed by atoms with Gasteiger partial charge in [0.2, 0.25) is 11.8 Å². The predicted molar refractivity (Wildman–Crippen MR) is 98.9 cm³/mol. The molecule has 1 saturated carbocycles. The molecule has 0 bridgehead atoms. The van der Waals surface area contributed by atoms with Gasteiger partial charge in [0.15, 0.2) is 0 Å². The second-order valence-electron chi connectivity index (χ2n) is 7.08. The molecule has 1 aromatic carbocycles. The van der Waals surface area contributed by atoms with Gasteiger partial charge in [-0.1, -0.05) is 43.2 Å². The summed E-state index contributed by atoms with van der Waals surface area (Å²) in [5.41, 5.74) is 2.62. The van der Waals surface area contributed by atoms with E-state index in [9.17, 15) is 19.5 Å². The number of rotatable bonds is 8. The number of carboxylic acids is 1. The maximum absolute atomic E-state index is 13.0. The van der Waals surface area contributed by atoms with Gasteiger partial charge in [0.1, 0.15) is 0 Å². The Balaban J connectivity index is 2.14. The van der Waals surface area contributed by atoms with Gasteiger partial charge in [-0.05, 0) is 31.7 Å². The Kier molecular flexibility index (Phi) is 7.79. The van der Waals surface area contributed by atoms with Crippen LogP contribution < -0.4 is 5.48 Å². The molecule has 1 aliphatic carbocycles. The number of nitrogens with zero attached hydrogens (tertiary/aromatic N) is 1. The number of hydroxylamine groups is 1. The van der Waals surface area contributed by atoms with Gasteiger partial charge < -0.3 is 10.0 Å². The highest BCUT2D eigenvalue weighted by atomic mass is 16.5. The third-order valence-corrected chi connectivity index (χ3v) is 5.34. The van der Waals surface area contributed by atoms with Crippen LogP contribution in [0.4, 0.5) is 0 Å². The molecule has 0 saturated heterocycles. The number of carbonyl (C=O) groups excluding carboxylic acids is 2. The average molecular weight is 376 g/mol. The predicted octanol–water partition coefficient (Wildman–Crippen LogP) is 2.09. The van der Waals surface area contributed by atoms with E-state index < -0.39 is 29.6 Å². The lowest BCUT2D eigenvalue weighted by Gasteiger charge is -2.33. The summed E-state index contributed by atoms with van der Waals surface area (Å²) in [5, 5.41) is 18.5. The standard InChI is InChI=1S/C20H28N2O5/c1-2-22(19(24)16-10-6-7-11-17(16)20(25)26)13-15(18(23)21-27)12-14-8-4-3-5-9-14/h3-5,8-9,15-17,27H,2,6-7,10-13H2,1H3,(H,21,23)(H,25,26). The summed E-state index contributed by atoms with van der Waals surface area (Å²) in [4.78, 5) is 38.2. The molecule has 27 heavy (non-hydrogen) atoms. The summed E-state index contributed by atoms with van der Waals surface area (Å²) in [5.74, 6) is -3.53. The third-order valence-electron chi connectivity index (χ3n) is 5.34. The van der Waals surface area contributed by atoms with E-state index in [2.05, 4.69) is 0 Å². The van der Waals surface area contributed by atoms with Crippen LogP contribution in [0.1, 0.15) is 38.2 Å². The maximum Gasteiger partial charge on any atom is 0.307 e. The van der Waals surface area contributed by atoms with Gasteiger partial charge in [0.05, 0.1) is 17.8 Å². The van der Waals surface area contributed by atoms with Crippen LogP contribution in [0, 0.1) is 17.8 Å². The van der Waals surface area contributed by atoms with Crippen LogP contribution in [0.5, 0.6) is 0 Å². The van der Waals surface area contributed by atoms with Crippen molar-refractivity contribution in [2.24, 2.45) is 17.8 Å². The van der Waals surface area contributed by atoms with Crippen molar-refractivity contribution in [3.63, 3.8) is 0 Å². The van der Waals surface area contributed by atoms with Crippen molar-refractivity contribution in [3.8, 4) is 0 Å². The number of benzene rings is 1. The topological polar surface area (TPSA) is 107 Å². The van der Waals surface area contributed by atoms with Crippen molar-refractivity contribution >= 4 is 17.8 Å². The van der Waals surface area contributed by atoms with E-state index in [-0.39, 0.29) is 12.5 Å². The number of hydrogen-bond donors (Lipinski definition) is 3. The minimum Gasteiger partial charge on any atom is -0.481 e. The Labute approximate surface area is 159 Å². The molecule has 7 heteroatoms. The molecule has 2 amide bonds. The van der Waals surface area contributed by atoms with Crippen LogP contribution in [-0.2, 0) is 20.8 Å². The summed E-state index contributed by atoms with van der Waals surface area (Å²) in [7, 11) is 0. The minimum atomic E-state index is -0.932. The molecule has 0 aromatic heterocycles. The summed E-state index contributed by atoms with van der Waals surface area (Å²) < 4.78 is 0. The zero-order valence-corrected chi connectivity index (χ0v) is 15.6. The Morgan fingerprint density at radius 2 is 1.78 bits per heavy atom. The van der Waals surface area contributed by atoms with Crippen molar-refractivity contribution in [1.82, 2.24) is 10.4 Å². The number of aliphatic carboxylic acids is 1. The number of nitrogens with one attached hydrogen (secondary N) is 1. The molecule has 0 heterocycles. The van der Waals surface area contributed by atoms with Crippen molar-refractivity contribution in [2.45, 2.75) is 39.0 Å². The van der Waals surface area contributed by atoms with Crippen LogP contribution in [0.15, 0.2) is 30.3 Å². The fourth-order valence-corrected chi connectivity index (χ4v) is 3.83. The van der Waals surface area contributed by atoms with Crippen molar-refractivity contribution < 1.29 is 24.7 Å². The highest BCUT2D eigenvalue weighted by Crippen LogP contribution is 2.32. The van der Waals surface area contributed by atoms with Gasteiger partial charge in [0, 0.05) is 13.1 Å². The summed E-state index contributed by atoms with van der Waals surface area (Å²) in [6.07, 6.45) is 3.10. The van der Waals surface area contributed by atoms with E-state index in [4.69, 9.17) is 5.21 Å². The lowest BCUT2D eigenvalue weighted by Crippen LogP contribution is -2.46. The molecule has 3 unspecified atom stereocenters. The van der Waals surface area contributed by atoms with E-state index in [0.717, 1.165) is 18.4 Å². The van der Waals surface area contributed by atoms with Crippen LogP contribution in [0.3, 0.4) is 0 Å². The van der Waals surface area contributed by atoms with E-state index >= 15 is 0 Å². The highest BCUT2D eigenvalue weighted by Gasteiger charge is 2.38. The highest BCUT2D eigenvalue weighted by molar-refractivity contribution is 5.85. The normalized spacial score (nSPS) is 20.5. The molecule has 2 rings (SSSR count). The summed E-state index contributed by atoms with van der Waals surface area (Å²) in [6.45, 7) is 2.33. The Morgan fingerprint density at radius 1 is 1.15 bits per heavy atom. The minimum absolute atomic E-state index is 0.138.